The lowest BCUT2D eigenvalue weighted by molar-refractivity contribution is -0.139. The number of carbonyl (C=O) groups excluding carboxylic acids is 1. The van der Waals surface area contributed by atoms with Gasteiger partial charge in [-0.2, -0.15) is 0 Å². The number of hydrogen-bond acceptors (Lipinski definition) is 2. The van der Waals surface area contributed by atoms with Gasteiger partial charge >= 0.3 is 5.97 Å². The maximum Gasteiger partial charge on any atom is 0.310 e. The highest BCUT2D eigenvalue weighted by Crippen LogP contribution is 2.00. The van der Waals surface area contributed by atoms with E-state index in [1.54, 1.807) is 6.92 Å². The summed E-state index contributed by atoms with van der Waals surface area (Å²) < 4.78 is 4.68. The van der Waals surface area contributed by atoms with Gasteiger partial charge in [0.15, 0.2) is 0 Å². The molecule has 0 N–H and O–H groups in total. The summed E-state index contributed by atoms with van der Waals surface area (Å²) >= 11 is 0. The number of carbonyl (C=O) groups is 1. The van der Waals surface area contributed by atoms with Crippen molar-refractivity contribution in [2.75, 3.05) is 0 Å². The summed E-state index contributed by atoms with van der Waals surface area (Å²) in [6, 6.07) is 9.52. The Kier molecular flexibility index (Phi) is 3.33. The first-order valence-corrected chi connectivity index (χ1v) is 3.84. The van der Waals surface area contributed by atoms with Gasteiger partial charge in [0.1, 0.15) is 6.61 Å². The van der Waals surface area contributed by atoms with Crippen molar-refractivity contribution in [2.45, 2.75) is 13.3 Å². The van der Waals surface area contributed by atoms with Crippen LogP contribution >= 0.6 is 0 Å². The summed E-state index contributed by atoms with van der Waals surface area (Å²) in [5.74, 6) is -0.219. The molecule has 0 saturated carbocycles. The van der Waals surface area contributed by atoms with Crippen LogP contribution in [0.4, 0.5) is 0 Å². The first-order valence-electron chi connectivity index (χ1n) is 3.84. The lowest BCUT2D eigenvalue weighted by Gasteiger charge is -1.99. The van der Waals surface area contributed by atoms with Crippen molar-refractivity contribution >= 4 is 5.97 Å². The molecule has 2 nitrogen and oxygen atoms in total. The molecule has 1 rings (SSSR count). The Labute approximate surface area is 72.2 Å². The van der Waals surface area contributed by atoms with Crippen molar-refractivity contribution in [1.29, 1.82) is 0 Å². The van der Waals surface area contributed by atoms with Crippen LogP contribution in [0.2, 0.25) is 0 Å². The number of esters is 1. The van der Waals surface area contributed by atoms with Gasteiger partial charge in [-0.1, -0.05) is 30.3 Å². The minimum atomic E-state index is -0.219. The molecule has 0 fully saturated rings. The number of rotatable bonds is 3. The minimum Gasteiger partial charge on any atom is -0.458 e. The van der Waals surface area contributed by atoms with Crippen molar-refractivity contribution in [1.82, 2.24) is 0 Å². The van der Waals surface area contributed by atoms with Crippen molar-refractivity contribution in [2.24, 2.45) is 0 Å². The zero-order valence-electron chi connectivity index (χ0n) is 6.99. The van der Waals surface area contributed by atoms with Crippen molar-refractivity contribution in [3.05, 3.63) is 42.5 Å². The van der Waals surface area contributed by atoms with Crippen molar-refractivity contribution in [3.63, 3.8) is 0 Å². The van der Waals surface area contributed by atoms with Gasteiger partial charge in [0.25, 0.3) is 0 Å². The Morgan fingerprint density at radius 3 is 2.67 bits per heavy atom. The molecule has 0 heterocycles. The summed E-state index contributed by atoms with van der Waals surface area (Å²) in [5.41, 5.74) is 0.976. The predicted octanol–water partition coefficient (Wildman–Crippen LogP) is 1.95. The Morgan fingerprint density at radius 1 is 1.42 bits per heavy atom. The topological polar surface area (TPSA) is 26.3 Å². The molecule has 0 aliphatic heterocycles. The molecule has 0 unspecified atom stereocenters. The molecule has 0 spiro atoms. The number of hydrogen-bond donors (Lipinski definition) is 0. The SMILES string of the molecule is C[CH]OC(=O)Cc1ccccc1. The van der Waals surface area contributed by atoms with E-state index in [-0.39, 0.29) is 5.97 Å². The molecule has 1 radical (unpaired) electrons. The van der Waals surface area contributed by atoms with Crippen LogP contribution in [0.5, 0.6) is 0 Å². The van der Waals surface area contributed by atoms with Crippen LogP contribution in [0.15, 0.2) is 30.3 Å². The van der Waals surface area contributed by atoms with Crippen LogP contribution in [0.1, 0.15) is 12.5 Å². The first-order chi connectivity index (χ1) is 5.83. The van der Waals surface area contributed by atoms with E-state index >= 15 is 0 Å². The predicted molar refractivity (Wildman–Crippen MR) is 46.2 cm³/mol. The van der Waals surface area contributed by atoms with Crippen LogP contribution in [0, 0.1) is 6.61 Å². The summed E-state index contributed by atoms with van der Waals surface area (Å²) in [6.07, 6.45) is 0.338. The van der Waals surface area contributed by atoms with Crippen LogP contribution in [-0.2, 0) is 16.0 Å². The third kappa shape index (κ3) is 2.74. The molecule has 1 aromatic carbocycles. The molecular weight excluding hydrogens is 152 g/mol. The Morgan fingerprint density at radius 2 is 2.08 bits per heavy atom. The summed E-state index contributed by atoms with van der Waals surface area (Å²) in [6.45, 7) is 3.08. The molecule has 0 bridgehead atoms. The second-order valence-corrected chi connectivity index (χ2v) is 2.39. The highest BCUT2D eigenvalue weighted by Gasteiger charge is 2.01. The Balaban J connectivity index is 2.47. The molecule has 0 atom stereocenters. The number of benzene rings is 1. The highest BCUT2D eigenvalue weighted by atomic mass is 16.5. The van der Waals surface area contributed by atoms with E-state index in [0.29, 0.717) is 6.42 Å². The monoisotopic (exact) mass is 163 g/mol. The van der Waals surface area contributed by atoms with Crippen molar-refractivity contribution in [3.8, 4) is 0 Å². The molecule has 2 heteroatoms. The average Bonchev–Trinajstić information content (AvgIpc) is 2.06. The largest absolute Gasteiger partial charge is 0.458 e. The van der Waals surface area contributed by atoms with E-state index in [1.807, 2.05) is 30.3 Å². The van der Waals surface area contributed by atoms with Crippen LogP contribution in [-0.4, -0.2) is 5.97 Å². The zero-order chi connectivity index (χ0) is 8.81. The van der Waals surface area contributed by atoms with Gasteiger partial charge in [-0.3, -0.25) is 4.79 Å². The molecule has 12 heavy (non-hydrogen) atoms. The molecule has 0 amide bonds. The minimum absolute atomic E-state index is 0.219. The van der Waals surface area contributed by atoms with E-state index in [4.69, 9.17) is 0 Å². The van der Waals surface area contributed by atoms with Crippen LogP contribution in [0.25, 0.3) is 0 Å². The van der Waals surface area contributed by atoms with Crippen LogP contribution in [0.3, 0.4) is 0 Å². The second kappa shape index (κ2) is 4.54. The first kappa shape index (κ1) is 8.78. The fraction of sp³-hybridized carbons (Fsp3) is 0.200. The third-order valence-electron chi connectivity index (χ3n) is 1.44. The van der Waals surface area contributed by atoms with Gasteiger partial charge in [0.2, 0.25) is 0 Å². The van der Waals surface area contributed by atoms with Gasteiger partial charge in [-0.15, -0.1) is 0 Å². The normalized spacial score (nSPS) is 9.42. The summed E-state index contributed by atoms with van der Waals surface area (Å²) in [7, 11) is 0. The molecule has 1 aromatic rings. The maximum atomic E-state index is 11.0. The molecule has 0 saturated heterocycles. The highest BCUT2D eigenvalue weighted by molar-refractivity contribution is 5.72. The summed E-state index contributed by atoms with van der Waals surface area (Å²) in [4.78, 5) is 11.0. The van der Waals surface area contributed by atoms with E-state index in [0.717, 1.165) is 5.56 Å². The second-order valence-electron chi connectivity index (χ2n) is 2.39. The standard InChI is InChI=1S/C10H11O2/c1-2-12-10(11)8-9-6-4-3-5-7-9/h2-7H,8H2,1H3. The lowest BCUT2D eigenvalue weighted by atomic mass is 10.2. The Hall–Kier alpha value is -1.31. The fourth-order valence-corrected chi connectivity index (χ4v) is 0.936. The zero-order valence-corrected chi connectivity index (χ0v) is 6.99. The van der Waals surface area contributed by atoms with Gasteiger partial charge in [0.05, 0.1) is 6.42 Å². The Bertz CT molecular complexity index is 241. The molecule has 63 valence electrons. The van der Waals surface area contributed by atoms with Crippen molar-refractivity contribution < 1.29 is 9.53 Å². The smallest absolute Gasteiger partial charge is 0.310 e. The third-order valence-corrected chi connectivity index (χ3v) is 1.44. The van der Waals surface area contributed by atoms with Gasteiger partial charge in [0, 0.05) is 0 Å². The fourth-order valence-electron chi connectivity index (χ4n) is 0.936. The van der Waals surface area contributed by atoms with Gasteiger partial charge in [-0.25, -0.2) is 0 Å². The number of ether oxygens (including phenoxy) is 1. The van der Waals surface area contributed by atoms with Gasteiger partial charge in [-0.05, 0) is 12.5 Å². The molecule has 0 aliphatic carbocycles. The van der Waals surface area contributed by atoms with Gasteiger partial charge < -0.3 is 4.74 Å². The van der Waals surface area contributed by atoms with E-state index < -0.39 is 0 Å². The molecule has 0 aliphatic rings. The summed E-state index contributed by atoms with van der Waals surface area (Å²) in [5, 5.41) is 0. The van der Waals surface area contributed by atoms with E-state index in [1.165, 1.54) is 6.61 Å². The van der Waals surface area contributed by atoms with E-state index in [9.17, 15) is 4.79 Å². The van der Waals surface area contributed by atoms with E-state index in [2.05, 4.69) is 4.74 Å². The quantitative estimate of drug-likeness (QED) is 0.636. The average molecular weight is 163 g/mol. The van der Waals surface area contributed by atoms with Crippen LogP contribution < -0.4 is 0 Å². The molecule has 0 aromatic heterocycles. The maximum absolute atomic E-state index is 11.0. The molecular formula is C10H11O2. The lowest BCUT2D eigenvalue weighted by Crippen LogP contribution is -2.04.